The summed E-state index contributed by atoms with van der Waals surface area (Å²) in [5.41, 5.74) is 0.775. The molecule has 3 heterocycles. The molecule has 1 aliphatic rings. The van der Waals surface area contributed by atoms with Crippen LogP contribution in [0.5, 0.6) is 5.75 Å². The predicted molar refractivity (Wildman–Crippen MR) is 125 cm³/mol. The van der Waals surface area contributed by atoms with Crippen molar-refractivity contribution in [2.75, 3.05) is 18.6 Å². The number of carbonyl (C=O) groups excluding carboxylic acids is 1. The average molecular weight is 469 g/mol. The first-order chi connectivity index (χ1) is 16.1. The fourth-order valence-electron chi connectivity index (χ4n) is 4.00. The Labute approximate surface area is 197 Å². The standard InChI is InChI=1S/C23H28N6O5/c1-15-12-26(22(30)34-23(2,3)4)21-18(10-24-28(21)13-15)20-19(29(31)32)11-25-27(20)14-16-6-8-17(33-5)9-7-16/h6-11,15H,12-14H2,1-5H3. The van der Waals surface area contributed by atoms with Crippen molar-refractivity contribution < 1.29 is 19.2 Å². The lowest BCUT2D eigenvalue weighted by molar-refractivity contribution is -0.384. The molecule has 180 valence electrons. The van der Waals surface area contributed by atoms with Crippen molar-refractivity contribution in [3.05, 3.63) is 52.3 Å². The lowest BCUT2D eigenvalue weighted by Crippen LogP contribution is -2.44. The predicted octanol–water partition coefficient (Wildman–Crippen LogP) is 4.10. The molecule has 3 aromatic rings. The third-order valence-corrected chi connectivity index (χ3v) is 5.42. The molecular formula is C23H28N6O5. The van der Waals surface area contributed by atoms with Crippen molar-refractivity contribution in [1.82, 2.24) is 19.6 Å². The summed E-state index contributed by atoms with van der Waals surface area (Å²) in [6, 6.07) is 7.39. The van der Waals surface area contributed by atoms with E-state index in [9.17, 15) is 14.9 Å². The van der Waals surface area contributed by atoms with Gasteiger partial charge < -0.3 is 9.47 Å². The van der Waals surface area contributed by atoms with Crippen LogP contribution < -0.4 is 9.64 Å². The van der Waals surface area contributed by atoms with Gasteiger partial charge in [-0.1, -0.05) is 19.1 Å². The van der Waals surface area contributed by atoms with Crippen molar-refractivity contribution in [1.29, 1.82) is 0 Å². The molecule has 1 atom stereocenters. The molecule has 11 nitrogen and oxygen atoms in total. The smallest absolute Gasteiger partial charge is 0.416 e. The van der Waals surface area contributed by atoms with Crippen molar-refractivity contribution in [2.45, 2.75) is 46.4 Å². The Hall–Kier alpha value is -3.89. The lowest BCUT2D eigenvalue weighted by Gasteiger charge is -2.33. The van der Waals surface area contributed by atoms with Gasteiger partial charge in [0, 0.05) is 13.1 Å². The van der Waals surface area contributed by atoms with Crippen LogP contribution in [0.1, 0.15) is 33.3 Å². The molecule has 1 unspecified atom stereocenters. The lowest BCUT2D eigenvalue weighted by atomic mass is 10.1. The fourth-order valence-corrected chi connectivity index (χ4v) is 4.00. The SMILES string of the molecule is COc1ccc(Cn2ncc([N+](=O)[O-])c2-c2cnn3c2N(C(=O)OC(C)(C)C)CC(C)C3)cc1. The largest absolute Gasteiger partial charge is 0.497 e. The first-order valence-corrected chi connectivity index (χ1v) is 11.0. The van der Waals surface area contributed by atoms with Crippen molar-refractivity contribution in [3.63, 3.8) is 0 Å². The second kappa shape index (κ2) is 8.81. The van der Waals surface area contributed by atoms with Gasteiger partial charge in [-0.05, 0) is 44.4 Å². The Bertz CT molecular complexity index is 1210. The van der Waals surface area contributed by atoms with Crippen LogP contribution in [0.15, 0.2) is 36.7 Å². The van der Waals surface area contributed by atoms with E-state index >= 15 is 0 Å². The van der Waals surface area contributed by atoms with Crippen LogP contribution in [0.4, 0.5) is 16.3 Å². The van der Waals surface area contributed by atoms with Crippen LogP contribution in [-0.2, 0) is 17.8 Å². The van der Waals surface area contributed by atoms with E-state index in [1.165, 1.54) is 11.1 Å². The molecule has 0 saturated heterocycles. The molecule has 0 aliphatic carbocycles. The Morgan fingerprint density at radius 2 is 1.88 bits per heavy atom. The molecule has 0 N–H and O–H groups in total. The molecule has 34 heavy (non-hydrogen) atoms. The maximum atomic E-state index is 13.1. The quantitative estimate of drug-likeness (QED) is 0.409. The molecule has 11 heteroatoms. The summed E-state index contributed by atoms with van der Waals surface area (Å²) in [6.45, 7) is 8.68. The van der Waals surface area contributed by atoms with Gasteiger partial charge in [-0.15, -0.1) is 0 Å². The highest BCUT2D eigenvalue weighted by atomic mass is 16.6. The van der Waals surface area contributed by atoms with E-state index in [0.29, 0.717) is 36.8 Å². The number of fused-ring (bicyclic) bond motifs is 1. The summed E-state index contributed by atoms with van der Waals surface area (Å²) in [6.07, 6.45) is 2.26. The van der Waals surface area contributed by atoms with Crippen LogP contribution in [0.3, 0.4) is 0 Å². The number of nitrogens with zero attached hydrogens (tertiary/aromatic N) is 6. The molecule has 0 bridgehead atoms. The summed E-state index contributed by atoms with van der Waals surface area (Å²) in [5.74, 6) is 1.31. The van der Waals surface area contributed by atoms with E-state index in [1.807, 2.05) is 31.2 Å². The molecule has 1 aromatic carbocycles. The van der Waals surface area contributed by atoms with Crippen molar-refractivity contribution in [2.24, 2.45) is 5.92 Å². The van der Waals surface area contributed by atoms with Gasteiger partial charge in [0.05, 0.1) is 30.3 Å². The normalized spacial score (nSPS) is 15.7. The number of anilines is 1. The van der Waals surface area contributed by atoms with Crippen LogP contribution in [0.2, 0.25) is 0 Å². The fraction of sp³-hybridized carbons (Fsp3) is 0.435. The van der Waals surface area contributed by atoms with Crippen LogP contribution in [0.25, 0.3) is 11.3 Å². The second-order valence-electron chi connectivity index (χ2n) is 9.40. The minimum Gasteiger partial charge on any atom is -0.497 e. The first-order valence-electron chi connectivity index (χ1n) is 11.0. The third kappa shape index (κ3) is 4.59. The molecule has 0 spiro atoms. The highest BCUT2D eigenvalue weighted by Crippen LogP contribution is 2.39. The summed E-state index contributed by atoms with van der Waals surface area (Å²) in [7, 11) is 1.59. The van der Waals surface area contributed by atoms with E-state index in [1.54, 1.807) is 43.4 Å². The van der Waals surface area contributed by atoms with Gasteiger partial charge >= 0.3 is 11.8 Å². The molecule has 1 aliphatic heterocycles. The molecule has 1 amide bonds. The molecule has 0 saturated carbocycles. The Morgan fingerprint density at radius 1 is 1.18 bits per heavy atom. The zero-order valence-electron chi connectivity index (χ0n) is 19.9. The highest BCUT2D eigenvalue weighted by molar-refractivity contribution is 5.93. The van der Waals surface area contributed by atoms with E-state index < -0.39 is 16.6 Å². The maximum absolute atomic E-state index is 13.1. The minimum absolute atomic E-state index is 0.131. The number of rotatable bonds is 5. The second-order valence-corrected chi connectivity index (χ2v) is 9.40. The Kier molecular flexibility index (Phi) is 6.03. The number of methoxy groups -OCH3 is 1. The van der Waals surface area contributed by atoms with Gasteiger partial charge in [0.2, 0.25) is 0 Å². The molecule has 4 rings (SSSR count). The summed E-state index contributed by atoms with van der Waals surface area (Å²) in [4.78, 5) is 26.0. The first kappa shape index (κ1) is 23.3. The van der Waals surface area contributed by atoms with E-state index in [4.69, 9.17) is 9.47 Å². The minimum atomic E-state index is -0.690. The van der Waals surface area contributed by atoms with Crippen molar-refractivity contribution in [3.8, 4) is 17.0 Å². The van der Waals surface area contributed by atoms with Gasteiger partial charge in [0.15, 0.2) is 5.69 Å². The van der Waals surface area contributed by atoms with E-state index in [2.05, 4.69) is 10.2 Å². The number of amides is 1. The zero-order valence-corrected chi connectivity index (χ0v) is 19.9. The highest BCUT2D eigenvalue weighted by Gasteiger charge is 2.36. The third-order valence-electron chi connectivity index (χ3n) is 5.42. The number of benzene rings is 1. The Balaban J connectivity index is 1.80. The maximum Gasteiger partial charge on any atom is 0.416 e. The van der Waals surface area contributed by atoms with Gasteiger partial charge in [-0.3, -0.25) is 19.7 Å². The monoisotopic (exact) mass is 468 g/mol. The van der Waals surface area contributed by atoms with Gasteiger partial charge in [0.1, 0.15) is 23.4 Å². The number of ether oxygens (including phenoxy) is 2. The van der Waals surface area contributed by atoms with Crippen LogP contribution in [-0.4, -0.2) is 49.8 Å². The molecule has 0 radical (unpaired) electrons. The molecule has 2 aromatic heterocycles. The average Bonchev–Trinajstić information content (AvgIpc) is 3.36. The summed E-state index contributed by atoms with van der Waals surface area (Å²) >= 11 is 0. The number of nitro groups is 1. The molecule has 0 fully saturated rings. The number of aromatic nitrogens is 4. The number of hydrogen-bond donors (Lipinski definition) is 0. The molecular weight excluding hydrogens is 440 g/mol. The Morgan fingerprint density at radius 3 is 2.50 bits per heavy atom. The van der Waals surface area contributed by atoms with E-state index in [-0.39, 0.29) is 17.3 Å². The van der Waals surface area contributed by atoms with Gasteiger partial charge in [-0.25, -0.2) is 9.48 Å². The summed E-state index contributed by atoms with van der Waals surface area (Å²) < 4.78 is 14.1. The van der Waals surface area contributed by atoms with Crippen molar-refractivity contribution >= 4 is 17.6 Å². The van der Waals surface area contributed by atoms with E-state index in [0.717, 1.165) is 5.56 Å². The van der Waals surface area contributed by atoms with Gasteiger partial charge in [-0.2, -0.15) is 10.2 Å². The number of carbonyl (C=O) groups is 1. The van der Waals surface area contributed by atoms with Crippen LogP contribution >= 0.6 is 0 Å². The topological polar surface area (TPSA) is 118 Å². The zero-order chi connectivity index (χ0) is 24.6. The summed E-state index contributed by atoms with van der Waals surface area (Å²) in [5, 5.41) is 20.6. The number of hydrogen-bond acceptors (Lipinski definition) is 7. The van der Waals surface area contributed by atoms with Crippen LogP contribution in [0, 0.1) is 16.0 Å². The van der Waals surface area contributed by atoms with Gasteiger partial charge in [0.25, 0.3) is 0 Å².